The highest BCUT2D eigenvalue weighted by molar-refractivity contribution is 7.81. The van der Waals surface area contributed by atoms with Crippen LogP contribution in [0.5, 0.6) is 0 Å². The first-order valence-corrected chi connectivity index (χ1v) is 9.96. The lowest BCUT2D eigenvalue weighted by Gasteiger charge is -2.29. The van der Waals surface area contributed by atoms with Crippen LogP contribution in [0.3, 0.4) is 0 Å². The number of hydrogen-bond acceptors (Lipinski definition) is 3. The first-order chi connectivity index (χ1) is 14.2. The molecule has 0 spiro atoms. The topological polar surface area (TPSA) is 51.7 Å². The second-order valence-electron chi connectivity index (χ2n) is 7.65. The molecule has 0 radical (unpaired) electrons. The van der Waals surface area contributed by atoms with Gasteiger partial charge in [0.2, 0.25) is 0 Å². The van der Waals surface area contributed by atoms with E-state index in [9.17, 15) is 9.18 Å². The summed E-state index contributed by atoms with van der Waals surface area (Å²) in [6.07, 6.45) is 2.09. The largest absolute Gasteiger partial charge is 0.304 e. The monoisotopic (exact) mass is 420 g/mol. The summed E-state index contributed by atoms with van der Waals surface area (Å²) < 4.78 is 15.0. The van der Waals surface area contributed by atoms with Crippen LogP contribution in [0.1, 0.15) is 37.8 Å². The second kappa shape index (κ2) is 8.22. The van der Waals surface area contributed by atoms with Crippen LogP contribution < -0.4 is 9.80 Å². The molecule has 1 saturated heterocycles. The number of carbonyl (C=O) groups excluding carboxylic acids is 1. The van der Waals surface area contributed by atoms with Crippen LogP contribution in [0.4, 0.5) is 21.5 Å². The van der Waals surface area contributed by atoms with Crippen molar-refractivity contribution >= 4 is 40.3 Å². The Bertz CT molecular complexity index is 1100. The number of unbranched alkanes of at least 4 members (excludes halogenated alkanes) is 1. The van der Waals surface area contributed by atoms with Gasteiger partial charge in [0, 0.05) is 12.1 Å². The van der Waals surface area contributed by atoms with E-state index in [1.807, 2.05) is 24.3 Å². The SMILES string of the molecule is [C-]#[N+]c1ccc(N2C(=O)C(C)(C)N(c3ccc(CCCC#N)cc3)C2=S)c(F)c1C. The van der Waals surface area contributed by atoms with Crippen LogP contribution in [0.15, 0.2) is 36.4 Å². The molecule has 0 bridgehead atoms. The predicted molar refractivity (Wildman–Crippen MR) is 119 cm³/mol. The van der Waals surface area contributed by atoms with Crippen molar-refractivity contribution in [3.05, 3.63) is 64.8 Å². The van der Waals surface area contributed by atoms with Crippen LogP contribution in [0.25, 0.3) is 4.85 Å². The average Bonchev–Trinajstić information content (AvgIpc) is 2.89. The Kier molecular flexibility index (Phi) is 5.87. The number of anilines is 2. The zero-order valence-electron chi connectivity index (χ0n) is 17.1. The minimum absolute atomic E-state index is 0.0543. The highest BCUT2D eigenvalue weighted by atomic mass is 32.1. The van der Waals surface area contributed by atoms with Crippen LogP contribution >= 0.6 is 12.2 Å². The maximum Gasteiger partial charge on any atom is 0.259 e. The van der Waals surface area contributed by atoms with Gasteiger partial charge in [-0.1, -0.05) is 18.2 Å². The first kappa shape index (κ1) is 21.4. The van der Waals surface area contributed by atoms with E-state index >= 15 is 0 Å². The van der Waals surface area contributed by atoms with E-state index in [4.69, 9.17) is 24.1 Å². The fourth-order valence-corrected chi connectivity index (χ4v) is 4.09. The highest BCUT2D eigenvalue weighted by Crippen LogP contribution is 2.39. The Balaban J connectivity index is 1.97. The molecule has 0 atom stereocenters. The van der Waals surface area contributed by atoms with Crippen LogP contribution in [0, 0.1) is 30.6 Å². The van der Waals surface area contributed by atoms with Crippen molar-refractivity contribution < 1.29 is 9.18 Å². The zero-order valence-corrected chi connectivity index (χ0v) is 17.9. The van der Waals surface area contributed by atoms with Gasteiger partial charge in [0.1, 0.15) is 11.4 Å². The minimum Gasteiger partial charge on any atom is -0.304 e. The molecule has 0 aromatic heterocycles. The van der Waals surface area contributed by atoms with Gasteiger partial charge in [-0.3, -0.25) is 9.69 Å². The van der Waals surface area contributed by atoms with Crippen molar-refractivity contribution in [2.75, 3.05) is 9.80 Å². The van der Waals surface area contributed by atoms with Crippen molar-refractivity contribution in [1.82, 2.24) is 0 Å². The summed E-state index contributed by atoms with van der Waals surface area (Å²) >= 11 is 5.60. The number of carbonyl (C=O) groups is 1. The molecular weight excluding hydrogens is 399 g/mol. The smallest absolute Gasteiger partial charge is 0.259 e. The number of hydrogen-bond donors (Lipinski definition) is 0. The lowest BCUT2D eigenvalue weighted by molar-refractivity contribution is -0.120. The summed E-state index contributed by atoms with van der Waals surface area (Å²) in [4.78, 5) is 19.5. The van der Waals surface area contributed by atoms with E-state index < -0.39 is 11.4 Å². The Hall–Kier alpha value is -3.29. The average molecular weight is 421 g/mol. The van der Waals surface area contributed by atoms with Gasteiger partial charge in [-0.15, -0.1) is 0 Å². The van der Waals surface area contributed by atoms with E-state index in [0.29, 0.717) is 6.42 Å². The van der Waals surface area contributed by atoms with Crippen molar-refractivity contribution in [1.29, 1.82) is 5.26 Å². The lowest BCUT2D eigenvalue weighted by atomic mass is 10.0. The fourth-order valence-electron chi connectivity index (χ4n) is 3.58. The van der Waals surface area contributed by atoms with Gasteiger partial charge in [-0.25, -0.2) is 9.24 Å². The molecule has 1 fully saturated rings. The first-order valence-electron chi connectivity index (χ1n) is 9.55. The third-order valence-electron chi connectivity index (χ3n) is 5.32. The molecule has 0 saturated carbocycles. The van der Waals surface area contributed by atoms with E-state index in [1.54, 1.807) is 18.7 Å². The third kappa shape index (κ3) is 3.53. The molecule has 5 nitrogen and oxygen atoms in total. The molecule has 1 heterocycles. The number of nitrogens with zero attached hydrogens (tertiary/aromatic N) is 4. The summed E-state index contributed by atoms with van der Waals surface area (Å²) in [5.74, 6) is -0.954. The van der Waals surface area contributed by atoms with Crippen LogP contribution in [0.2, 0.25) is 0 Å². The standard InChI is InChI=1S/C23H21FN4OS/c1-15-18(26-4)12-13-19(20(15)24)27-21(29)23(2,3)28(22(27)30)17-10-8-16(9-11-17)7-5-6-14-25/h8-13H,5-7H2,1-3H3. The molecule has 1 aliphatic rings. The molecule has 0 unspecified atom stereocenters. The zero-order chi connectivity index (χ0) is 22.1. The van der Waals surface area contributed by atoms with E-state index in [-0.39, 0.29) is 28.0 Å². The molecule has 30 heavy (non-hydrogen) atoms. The van der Waals surface area contributed by atoms with Gasteiger partial charge < -0.3 is 4.90 Å². The normalized spacial score (nSPS) is 15.3. The third-order valence-corrected chi connectivity index (χ3v) is 5.68. The van der Waals surface area contributed by atoms with Crippen molar-refractivity contribution in [2.45, 2.75) is 45.6 Å². The lowest BCUT2D eigenvalue weighted by Crippen LogP contribution is -2.44. The summed E-state index contributed by atoms with van der Waals surface area (Å²) in [5.41, 5.74) is 1.28. The fraction of sp³-hybridized carbons (Fsp3) is 0.304. The molecular formula is C23H21FN4OS. The predicted octanol–water partition coefficient (Wildman–Crippen LogP) is 5.45. The summed E-state index contributed by atoms with van der Waals surface area (Å²) in [6.45, 7) is 12.2. The number of rotatable bonds is 5. The summed E-state index contributed by atoms with van der Waals surface area (Å²) in [6, 6.07) is 12.7. The quantitative estimate of drug-likeness (QED) is 0.367. The number of halogens is 1. The summed E-state index contributed by atoms with van der Waals surface area (Å²) in [5, 5.41) is 8.87. The maximum absolute atomic E-state index is 15.0. The molecule has 2 aromatic rings. The highest BCUT2D eigenvalue weighted by Gasteiger charge is 2.50. The number of benzene rings is 2. The molecule has 1 amide bonds. The number of aryl methyl sites for hydroxylation is 1. The Morgan fingerprint density at radius 2 is 1.90 bits per heavy atom. The second-order valence-corrected chi connectivity index (χ2v) is 8.02. The molecule has 7 heteroatoms. The molecule has 152 valence electrons. The number of amides is 1. The number of thiocarbonyl (C=S) groups is 1. The van der Waals surface area contributed by atoms with Crippen molar-refractivity contribution in [3.8, 4) is 6.07 Å². The molecule has 1 aliphatic heterocycles. The Morgan fingerprint density at radius 1 is 1.23 bits per heavy atom. The van der Waals surface area contributed by atoms with Gasteiger partial charge in [-0.2, -0.15) is 5.26 Å². The minimum atomic E-state index is -1.00. The van der Waals surface area contributed by atoms with Crippen LogP contribution in [-0.4, -0.2) is 16.6 Å². The molecule has 2 aromatic carbocycles. The number of nitriles is 1. The van der Waals surface area contributed by atoms with Gasteiger partial charge >= 0.3 is 0 Å². The van der Waals surface area contributed by atoms with Crippen LogP contribution in [-0.2, 0) is 11.2 Å². The maximum atomic E-state index is 15.0. The van der Waals surface area contributed by atoms with E-state index in [1.165, 1.54) is 24.0 Å². The van der Waals surface area contributed by atoms with Gasteiger partial charge in [-0.05, 0) is 75.2 Å². The van der Waals surface area contributed by atoms with Gasteiger partial charge in [0.05, 0.1) is 18.3 Å². The van der Waals surface area contributed by atoms with Gasteiger partial charge in [0.25, 0.3) is 5.91 Å². The molecule has 0 N–H and O–H groups in total. The van der Waals surface area contributed by atoms with Gasteiger partial charge in [0.15, 0.2) is 10.8 Å². The van der Waals surface area contributed by atoms with Crippen molar-refractivity contribution in [2.24, 2.45) is 0 Å². The van der Waals surface area contributed by atoms with Crippen molar-refractivity contribution in [3.63, 3.8) is 0 Å². The summed E-state index contributed by atoms with van der Waals surface area (Å²) in [7, 11) is 0. The molecule has 0 aliphatic carbocycles. The molecule has 3 rings (SSSR count). The van der Waals surface area contributed by atoms with E-state index in [0.717, 1.165) is 24.1 Å². The Labute approximate surface area is 181 Å². The Morgan fingerprint density at radius 3 is 2.50 bits per heavy atom. The van der Waals surface area contributed by atoms with E-state index in [2.05, 4.69) is 10.9 Å².